The number of anilines is 3. The van der Waals surface area contributed by atoms with Crippen molar-refractivity contribution in [2.75, 3.05) is 10.6 Å². The molecule has 0 saturated heterocycles. The minimum Gasteiger partial charge on any atom is -0.339 e. The zero-order chi connectivity index (χ0) is 16.3. The highest BCUT2D eigenvalue weighted by molar-refractivity contribution is 5.93. The second-order valence-corrected chi connectivity index (χ2v) is 6.38. The fraction of sp³-hybridized carbons (Fsp3) is 0.353. The van der Waals surface area contributed by atoms with Gasteiger partial charge >= 0.3 is 0 Å². The van der Waals surface area contributed by atoms with Gasteiger partial charge in [0.05, 0.1) is 0 Å². The van der Waals surface area contributed by atoms with Gasteiger partial charge in [0, 0.05) is 11.1 Å². The summed E-state index contributed by atoms with van der Waals surface area (Å²) in [4.78, 5) is 11.9. The molecule has 1 heterocycles. The van der Waals surface area contributed by atoms with Crippen molar-refractivity contribution in [2.24, 2.45) is 5.41 Å². The van der Waals surface area contributed by atoms with E-state index in [0.29, 0.717) is 11.6 Å². The van der Waals surface area contributed by atoms with Crippen LogP contribution in [0.15, 0.2) is 30.3 Å². The molecule has 5 nitrogen and oxygen atoms in total. The van der Waals surface area contributed by atoms with E-state index in [-0.39, 0.29) is 5.91 Å². The fourth-order valence-corrected chi connectivity index (χ4v) is 1.79. The van der Waals surface area contributed by atoms with Gasteiger partial charge in [-0.05, 0) is 43.2 Å². The van der Waals surface area contributed by atoms with Crippen molar-refractivity contribution in [1.82, 2.24) is 10.2 Å². The van der Waals surface area contributed by atoms with Crippen LogP contribution in [0, 0.1) is 19.3 Å². The SMILES string of the molecule is Cc1cccc(Nc2ccc(NC(=O)C(C)(C)C)nn2)c1C. The van der Waals surface area contributed by atoms with Gasteiger partial charge in [-0.15, -0.1) is 10.2 Å². The summed E-state index contributed by atoms with van der Waals surface area (Å²) in [6, 6.07) is 9.60. The van der Waals surface area contributed by atoms with E-state index in [1.807, 2.05) is 32.9 Å². The third-order valence-electron chi connectivity index (χ3n) is 3.45. The first-order valence-electron chi connectivity index (χ1n) is 7.26. The molecule has 1 amide bonds. The van der Waals surface area contributed by atoms with Gasteiger partial charge in [0.15, 0.2) is 11.6 Å². The molecular weight excluding hydrogens is 276 g/mol. The number of carbonyl (C=O) groups excluding carboxylic acids is 1. The first kappa shape index (κ1) is 15.9. The summed E-state index contributed by atoms with van der Waals surface area (Å²) in [5, 5.41) is 14.1. The van der Waals surface area contributed by atoms with Crippen LogP contribution in [0.3, 0.4) is 0 Å². The average Bonchev–Trinajstić information content (AvgIpc) is 2.45. The van der Waals surface area contributed by atoms with E-state index in [1.54, 1.807) is 12.1 Å². The van der Waals surface area contributed by atoms with E-state index in [2.05, 4.69) is 40.7 Å². The Hall–Kier alpha value is -2.43. The molecule has 2 aromatic rings. The van der Waals surface area contributed by atoms with Gasteiger partial charge < -0.3 is 10.6 Å². The smallest absolute Gasteiger partial charge is 0.230 e. The highest BCUT2D eigenvalue weighted by atomic mass is 16.2. The van der Waals surface area contributed by atoms with Gasteiger partial charge in [0.1, 0.15) is 0 Å². The third-order valence-corrected chi connectivity index (χ3v) is 3.45. The van der Waals surface area contributed by atoms with Crippen molar-refractivity contribution in [3.63, 3.8) is 0 Å². The maximum Gasteiger partial charge on any atom is 0.230 e. The summed E-state index contributed by atoms with van der Waals surface area (Å²) in [6.07, 6.45) is 0. The average molecular weight is 298 g/mol. The number of benzene rings is 1. The number of amides is 1. The lowest BCUT2D eigenvalue weighted by Crippen LogP contribution is -2.28. The molecule has 0 fully saturated rings. The summed E-state index contributed by atoms with van der Waals surface area (Å²) in [6.45, 7) is 9.69. The van der Waals surface area contributed by atoms with Gasteiger partial charge in [-0.3, -0.25) is 4.79 Å². The van der Waals surface area contributed by atoms with Crippen LogP contribution in [0.4, 0.5) is 17.3 Å². The number of aryl methyl sites for hydroxylation is 1. The minimum absolute atomic E-state index is 0.0861. The molecule has 0 saturated carbocycles. The molecule has 0 radical (unpaired) electrons. The van der Waals surface area contributed by atoms with Crippen LogP contribution in [-0.4, -0.2) is 16.1 Å². The largest absolute Gasteiger partial charge is 0.339 e. The zero-order valence-corrected chi connectivity index (χ0v) is 13.7. The zero-order valence-electron chi connectivity index (χ0n) is 13.7. The molecular formula is C17H22N4O. The predicted octanol–water partition coefficient (Wildman–Crippen LogP) is 3.82. The van der Waals surface area contributed by atoms with Crippen LogP contribution in [0.25, 0.3) is 0 Å². The van der Waals surface area contributed by atoms with Crippen LogP contribution in [0.1, 0.15) is 31.9 Å². The lowest BCUT2D eigenvalue weighted by Gasteiger charge is -2.17. The van der Waals surface area contributed by atoms with Crippen molar-refractivity contribution >= 4 is 23.2 Å². The third kappa shape index (κ3) is 3.81. The van der Waals surface area contributed by atoms with Crippen LogP contribution < -0.4 is 10.6 Å². The molecule has 0 aliphatic rings. The standard InChI is InChI=1S/C17H22N4O/c1-11-7-6-8-13(12(11)2)18-14-9-10-15(21-20-14)19-16(22)17(3,4)5/h6-10H,1-5H3,(H,18,20)(H,19,21,22). The Morgan fingerprint density at radius 1 is 1.00 bits per heavy atom. The normalized spacial score (nSPS) is 11.1. The van der Waals surface area contributed by atoms with E-state index in [1.165, 1.54) is 11.1 Å². The molecule has 2 rings (SSSR count). The van der Waals surface area contributed by atoms with E-state index in [9.17, 15) is 4.79 Å². The number of hydrogen-bond acceptors (Lipinski definition) is 4. The molecule has 0 aliphatic carbocycles. The van der Waals surface area contributed by atoms with Gasteiger partial charge in [-0.2, -0.15) is 0 Å². The van der Waals surface area contributed by atoms with Crippen molar-refractivity contribution < 1.29 is 4.79 Å². The Bertz CT molecular complexity index is 672. The highest BCUT2D eigenvalue weighted by Gasteiger charge is 2.21. The molecule has 0 spiro atoms. The summed E-state index contributed by atoms with van der Waals surface area (Å²) >= 11 is 0. The Balaban J connectivity index is 2.09. The number of rotatable bonds is 3. The predicted molar refractivity (Wildman–Crippen MR) is 89.3 cm³/mol. The molecule has 5 heteroatoms. The topological polar surface area (TPSA) is 66.9 Å². The summed E-state index contributed by atoms with van der Waals surface area (Å²) in [5.41, 5.74) is 2.93. The van der Waals surface area contributed by atoms with Gasteiger partial charge in [0.25, 0.3) is 0 Å². The van der Waals surface area contributed by atoms with Gasteiger partial charge in [0.2, 0.25) is 5.91 Å². The van der Waals surface area contributed by atoms with E-state index < -0.39 is 5.41 Å². The number of carbonyl (C=O) groups is 1. The summed E-state index contributed by atoms with van der Waals surface area (Å²) in [7, 11) is 0. The maximum absolute atomic E-state index is 11.9. The van der Waals surface area contributed by atoms with Crippen molar-refractivity contribution in [3.8, 4) is 0 Å². The van der Waals surface area contributed by atoms with Gasteiger partial charge in [-0.25, -0.2) is 0 Å². The number of nitrogens with zero attached hydrogens (tertiary/aromatic N) is 2. The second-order valence-electron chi connectivity index (χ2n) is 6.38. The van der Waals surface area contributed by atoms with E-state index in [4.69, 9.17) is 0 Å². The number of nitrogens with one attached hydrogen (secondary N) is 2. The van der Waals surface area contributed by atoms with E-state index in [0.717, 1.165) is 5.69 Å². The Kier molecular flexibility index (Phi) is 4.45. The molecule has 1 aromatic heterocycles. The van der Waals surface area contributed by atoms with Crippen molar-refractivity contribution in [3.05, 3.63) is 41.5 Å². The first-order valence-corrected chi connectivity index (χ1v) is 7.26. The number of hydrogen-bond donors (Lipinski definition) is 2. The van der Waals surface area contributed by atoms with Crippen molar-refractivity contribution in [2.45, 2.75) is 34.6 Å². The van der Waals surface area contributed by atoms with Gasteiger partial charge in [-0.1, -0.05) is 32.9 Å². The molecule has 0 unspecified atom stereocenters. The molecule has 22 heavy (non-hydrogen) atoms. The lowest BCUT2D eigenvalue weighted by molar-refractivity contribution is -0.123. The van der Waals surface area contributed by atoms with Crippen LogP contribution >= 0.6 is 0 Å². The molecule has 1 aromatic carbocycles. The van der Waals surface area contributed by atoms with Crippen molar-refractivity contribution in [1.29, 1.82) is 0 Å². The second kappa shape index (κ2) is 6.13. The molecule has 2 N–H and O–H groups in total. The first-order chi connectivity index (χ1) is 10.3. The summed E-state index contributed by atoms with van der Waals surface area (Å²) in [5.74, 6) is 1.01. The molecule has 0 atom stereocenters. The quantitative estimate of drug-likeness (QED) is 0.904. The number of aromatic nitrogens is 2. The van der Waals surface area contributed by atoms with E-state index >= 15 is 0 Å². The minimum atomic E-state index is -0.461. The maximum atomic E-state index is 11.9. The Morgan fingerprint density at radius 2 is 1.64 bits per heavy atom. The monoisotopic (exact) mass is 298 g/mol. The Labute approximate surface area is 131 Å². The fourth-order valence-electron chi connectivity index (χ4n) is 1.79. The summed E-state index contributed by atoms with van der Waals surface area (Å²) < 4.78 is 0. The van der Waals surface area contributed by atoms with Crippen LogP contribution in [0.2, 0.25) is 0 Å². The molecule has 0 bridgehead atoms. The Morgan fingerprint density at radius 3 is 2.23 bits per heavy atom. The highest BCUT2D eigenvalue weighted by Crippen LogP contribution is 2.22. The van der Waals surface area contributed by atoms with Crippen LogP contribution in [-0.2, 0) is 4.79 Å². The molecule has 0 aliphatic heterocycles. The molecule has 116 valence electrons. The lowest BCUT2D eigenvalue weighted by atomic mass is 9.96. The van der Waals surface area contributed by atoms with Crippen LogP contribution in [0.5, 0.6) is 0 Å².